The molecule has 3 aromatic rings. The molecule has 1 aromatic heterocycles. The lowest BCUT2D eigenvalue weighted by Crippen LogP contribution is -2.53. The van der Waals surface area contributed by atoms with Gasteiger partial charge in [0.05, 0.1) is 11.4 Å². The summed E-state index contributed by atoms with van der Waals surface area (Å²) in [7, 11) is 0. The number of halogens is 1. The van der Waals surface area contributed by atoms with Gasteiger partial charge >= 0.3 is 0 Å². The van der Waals surface area contributed by atoms with Crippen molar-refractivity contribution >= 4 is 18.3 Å². The van der Waals surface area contributed by atoms with Crippen molar-refractivity contribution in [3.63, 3.8) is 0 Å². The number of piperidine rings is 2. The van der Waals surface area contributed by atoms with Gasteiger partial charge in [-0.25, -0.2) is 4.68 Å². The van der Waals surface area contributed by atoms with Crippen LogP contribution in [0.4, 0.5) is 0 Å². The molecule has 30 heavy (non-hydrogen) atoms. The van der Waals surface area contributed by atoms with Gasteiger partial charge in [-0.2, -0.15) is 5.10 Å². The number of carbonyl (C=O) groups excluding carboxylic acids is 1. The van der Waals surface area contributed by atoms with Crippen LogP contribution >= 0.6 is 12.4 Å². The highest BCUT2D eigenvalue weighted by molar-refractivity contribution is 5.94. The van der Waals surface area contributed by atoms with Gasteiger partial charge in [0.1, 0.15) is 5.69 Å². The first kappa shape index (κ1) is 20.6. The lowest BCUT2D eigenvalue weighted by molar-refractivity contribution is 0.0584. The van der Waals surface area contributed by atoms with Crippen molar-refractivity contribution < 1.29 is 4.79 Å². The van der Waals surface area contributed by atoms with E-state index in [2.05, 4.69) is 5.32 Å². The second kappa shape index (κ2) is 9.02. The van der Waals surface area contributed by atoms with Gasteiger partial charge < -0.3 is 10.2 Å². The van der Waals surface area contributed by atoms with Crippen LogP contribution in [0.5, 0.6) is 0 Å². The average Bonchev–Trinajstić information content (AvgIpc) is 3.25. The van der Waals surface area contributed by atoms with Crippen LogP contribution in [0.3, 0.4) is 0 Å². The monoisotopic (exact) mass is 422 g/mol. The molecule has 0 saturated carbocycles. The Morgan fingerprint density at radius 2 is 1.73 bits per heavy atom. The van der Waals surface area contributed by atoms with Crippen LogP contribution in [0, 0.1) is 5.92 Å². The summed E-state index contributed by atoms with van der Waals surface area (Å²) in [6.07, 6.45) is 3.43. The maximum absolute atomic E-state index is 13.6. The van der Waals surface area contributed by atoms with Gasteiger partial charge in [-0.3, -0.25) is 4.79 Å². The van der Waals surface area contributed by atoms with E-state index in [-0.39, 0.29) is 18.3 Å². The topological polar surface area (TPSA) is 50.2 Å². The number of hydrogen-bond donors (Lipinski definition) is 1. The highest BCUT2D eigenvalue weighted by Gasteiger charge is 2.34. The third-order valence-corrected chi connectivity index (χ3v) is 6.18. The summed E-state index contributed by atoms with van der Waals surface area (Å²) in [5, 5.41) is 8.43. The van der Waals surface area contributed by atoms with E-state index in [1.807, 2.05) is 71.6 Å². The summed E-state index contributed by atoms with van der Waals surface area (Å²) in [6, 6.07) is 22.5. The largest absolute Gasteiger partial charge is 0.337 e. The van der Waals surface area contributed by atoms with E-state index in [4.69, 9.17) is 5.10 Å². The predicted octanol–water partition coefficient (Wildman–Crippen LogP) is 4.18. The lowest BCUT2D eigenvalue weighted by atomic mass is 9.85. The molecule has 2 fully saturated rings. The first-order valence-corrected chi connectivity index (χ1v) is 10.5. The standard InChI is InChI=1S/C24H26N4O.ClH/c29-24(27-15-13-21-19(17-27)10-7-14-25-21)23-16-22(18-8-3-1-4-9-18)26-28(23)20-11-5-2-6-12-20;/h1-6,8-9,11-12,16,19,21,25H,7,10,13-15,17H2;1H/t19-,21+;/m1./s1. The summed E-state index contributed by atoms with van der Waals surface area (Å²) < 4.78 is 1.80. The van der Waals surface area contributed by atoms with Gasteiger partial charge in [0.15, 0.2) is 0 Å². The Morgan fingerprint density at radius 1 is 1.00 bits per heavy atom. The molecule has 0 radical (unpaired) electrons. The highest BCUT2D eigenvalue weighted by Crippen LogP contribution is 2.28. The first-order valence-electron chi connectivity index (χ1n) is 10.5. The minimum atomic E-state index is 0. The smallest absolute Gasteiger partial charge is 0.272 e. The fourth-order valence-electron chi connectivity index (χ4n) is 4.64. The number of nitrogens with zero attached hydrogens (tertiary/aromatic N) is 3. The van der Waals surface area contributed by atoms with Crippen LogP contribution in [0.15, 0.2) is 66.7 Å². The normalized spacial score (nSPS) is 20.9. The molecule has 0 aliphatic carbocycles. The number of amides is 1. The second-order valence-electron chi connectivity index (χ2n) is 8.03. The van der Waals surface area contributed by atoms with Crippen molar-refractivity contribution in [2.45, 2.75) is 25.3 Å². The number of para-hydroxylation sites is 1. The quantitative estimate of drug-likeness (QED) is 0.689. The molecule has 1 N–H and O–H groups in total. The summed E-state index contributed by atoms with van der Waals surface area (Å²) >= 11 is 0. The van der Waals surface area contributed by atoms with Crippen LogP contribution in [-0.4, -0.2) is 46.3 Å². The van der Waals surface area contributed by atoms with Gasteiger partial charge in [0, 0.05) is 24.7 Å². The number of rotatable bonds is 3. The molecule has 0 spiro atoms. The maximum atomic E-state index is 13.6. The molecule has 0 bridgehead atoms. The van der Waals surface area contributed by atoms with E-state index in [0.717, 1.165) is 43.0 Å². The molecular formula is C24H27ClN4O. The van der Waals surface area contributed by atoms with E-state index in [0.29, 0.717) is 17.7 Å². The minimum absolute atomic E-state index is 0. The summed E-state index contributed by atoms with van der Waals surface area (Å²) in [6.45, 7) is 2.74. The molecule has 2 aromatic carbocycles. The second-order valence-corrected chi connectivity index (χ2v) is 8.03. The van der Waals surface area contributed by atoms with Crippen LogP contribution in [0.1, 0.15) is 29.8 Å². The molecule has 6 heteroatoms. The molecule has 2 aliphatic heterocycles. The third kappa shape index (κ3) is 4.00. The Bertz CT molecular complexity index is 989. The van der Waals surface area contributed by atoms with Crippen LogP contribution < -0.4 is 5.32 Å². The number of hydrogen-bond acceptors (Lipinski definition) is 3. The number of benzene rings is 2. The van der Waals surface area contributed by atoms with E-state index >= 15 is 0 Å². The van der Waals surface area contributed by atoms with Gasteiger partial charge in [-0.15, -0.1) is 12.4 Å². The molecule has 1 amide bonds. The van der Waals surface area contributed by atoms with E-state index in [1.54, 1.807) is 4.68 Å². The molecular weight excluding hydrogens is 396 g/mol. The summed E-state index contributed by atoms with van der Waals surface area (Å²) in [5.41, 5.74) is 3.39. The molecule has 5 nitrogen and oxygen atoms in total. The summed E-state index contributed by atoms with van der Waals surface area (Å²) in [4.78, 5) is 15.6. The van der Waals surface area contributed by atoms with Crippen LogP contribution in [0.25, 0.3) is 16.9 Å². The number of carbonyl (C=O) groups is 1. The molecule has 0 unspecified atom stereocenters. The average molecular weight is 423 g/mol. The molecule has 2 aliphatic rings. The van der Waals surface area contributed by atoms with Crippen molar-refractivity contribution in [1.29, 1.82) is 0 Å². The SMILES string of the molecule is Cl.O=C(c1cc(-c2ccccc2)nn1-c1ccccc1)N1CC[C@@H]2NCCC[C@@H]2C1. The van der Waals surface area contributed by atoms with Crippen molar-refractivity contribution in [2.24, 2.45) is 5.92 Å². The van der Waals surface area contributed by atoms with Crippen LogP contribution in [-0.2, 0) is 0 Å². The Hall–Kier alpha value is -2.63. The molecule has 2 saturated heterocycles. The van der Waals surface area contributed by atoms with E-state index in [9.17, 15) is 4.79 Å². The summed E-state index contributed by atoms with van der Waals surface area (Å²) in [5.74, 6) is 0.635. The van der Waals surface area contributed by atoms with Crippen molar-refractivity contribution in [3.05, 3.63) is 72.4 Å². The molecule has 5 rings (SSSR count). The Balaban J connectivity index is 0.00000218. The zero-order valence-electron chi connectivity index (χ0n) is 16.9. The Morgan fingerprint density at radius 3 is 2.50 bits per heavy atom. The minimum Gasteiger partial charge on any atom is -0.337 e. The number of likely N-dealkylation sites (tertiary alicyclic amines) is 1. The van der Waals surface area contributed by atoms with Crippen molar-refractivity contribution in [3.8, 4) is 16.9 Å². The van der Waals surface area contributed by atoms with E-state index in [1.165, 1.54) is 12.8 Å². The van der Waals surface area contributed by atoms with Gasteiger partial charge in [0.2, 0.25) is 0 Å². The fraction of sp³-hybridized carbons (Fsp3) is 0.333. The number of aromatic nitrogens is 2. The van der Waals surface area contributed by atoms with Gasteiger partial charge in [-0.1, -0.05) is 48.5 Å². The Kier molecular flexibility index (Phi) is 6.21. The predicted molar refractivity (Wildman–Crippen MR) is 121 cm³/mol. The van der Waals surface area contributed by atoms with Crippen molar-refractivity contribution in [1.82, 2.24) is 20.0 Å². The zero-order chi connectivity index (χ0) is 19.6. The van der Waals surface area contributed by atoms with Crippen molar-refractivity contribution in [2.75, 3.05) is 19.6 Å². The molecule has 2 atom stereocenters. The van der Waals surface area contributed by atoms with E-state index < -0.39 is 0 Å². The molecule has 3 heterocycles. The fourth-order valence-corrected chi connectivity index (χ4v) is 4.64. The Labute approximate surface area is 183 Å². The molecule has 156 valence electrons. The van der Waals surface area contributed by atoms with Gasteiger partial charge in [-0.05, 0) is 49.9 Å². The lowest BCUT2D eigenvalue weighted by Gasteiger charge is -2.41. The number of nitrogens with one attached hydrogen (secondary N) is 1. The highest BCUT2D eigenvalue weighted by atomic mass is 35.5. The van der Waals surface area contributed by atoms with Crippen LogP contribution in [0.2, 0.25) is 0 Å². The zero-order valence-corrected chi connectivity index (χ0v) is 17.7. The third-order valence-electron chi connectivity index (χ3n) is 6.18. The first-order chi connectivity index (χ1) is 14.3. The maximum Gasteiger partial charge on any atom is 0.272 e. The van der Waals surface area contributed by atoms with Gasteiger partial charge in [0.25, 0.3) is 5.91 Å². The number of fused-ring (bicyclic) bond motifs is 1.